The Kier molecular flexibility index (Phi) is 5.04. The number of carbonyl (C=O) groups is 1. The molecule has 0 aliphatic carbocycles. The maximum atomic E-state index is 10.8. The van der Waals surface area contributed by atoms with Gasteiger partial charge in [0.1, 0.15) is 5.82 Å². The molecule has 0 aromatic carbocycles. The van der Waals surface area contributed by atoms with Crippen LogP contribution in [0.1, 0.15) is 19.8 Å². The number of aliphatic hydroxyl groups excluding tert-OH is 1. The van der Waals surface area contributed by atoms with Gasteiger partial charge < -0.3 is 31.5 Å². The molecule has 1 aliphatic heterocycles. The average Bonchev–Trinajstić information content (AvgIpc) is 2.87. The molecule has 1 aromatic heterocycles. The van der Waals surface area contributed by atoms with Crippen molar-refractivity contribution >= 4 is 23.1 Å². The number of pyridine rings is 1. The van der Waals surface area contributed by atoms with E-state index < -0.39 is 5.72 Å². The van der Waals surface area contributed by atoms with Crippen molar-refractivity contribution in [1.29, 1.82) is 0 Å². The highest BCUT2D eigenvalue weighted by Gasteiger charge is 2.38. The number of carbonyl (C=O) groups excluding carboxylic acids is 1. The lowest BCUT2D eigenvalue weighted by atomic mass is 10.1. The van der Waals surface area contributed by atoms with E-state index in [2.05, 4.69) is 15.6 Å². The topological polar surface area (TPSA) is 124 Å². The minimum atomic E-state index is -1.24. The van der Waals surface area contributed by atoms with Crippen LogP contribution in [0.5, 0.6) is 0 Å². The molecule has 122 valence electrons. The lowest BCUT2D eigenvalue weighted by Gasteiger charge is -2.33. The number of nitrogens with zero attached hydrogens (tertiary/aromatic N) is 2. The zero-order valence-electron chi connectivity index (χ0n) is 12.7. The predicted molar refractivity (Wildman–Crippen MR) is 84.4 cm³/mol. The number of rotatable bonds is 6. The zero-order chi connectivity index (χ0) is 16.2. The van der Waals surface area contributed by atoms with E-state index in [1.54, 1.807) is 17.2 Å². The van der Waals surface area contributed by atoms with Crippen molar-refractivity contribution in [3.05, 3.63) is 12.3 Å². The minimum Gasteiger partial charge on any atom is -0.396 e. The van der Waals surface area contributed by atoms with Gasteiger partial charge in [-0.1, -0.05) is 0 Å². The Bertz CT molecular complexity index is 539. The van der Waals surface area contributed by atoms with Crippen molar-refractivity contribution in [2.45, 2.75) is 25.5 Å². The monoisotopic (exact) mass is 309 g/mol. The number of nitrogen functional groups attached to an aromatic ring is 1. The van der Waals surface area contributed by atoms with Gasteiger partial charge in [-0.15, -0.1) is 0 Å². The van der Waals surface area contributed by atoms with Crippen molar-refractivity contribution in [2.75, 3.05) is 42.2 Å². The van der Waals surface area contributed by atoms with Crippen LogP contribution in [0.25, 0.3) is 0 Å². The van der Waals surface area contributed by atoms with Crippen LogP contribution in [0.2, 0.25) is 0 Å². The van der Waals surface area contributed by atoms with E-state index in [0.29, 0.717) is 43.2 Å². The molecular formula is C14H23N5O3. The zero-order valence-corrected chi connectivity index (χ0v) is 12.7. The van der Waals surface area contributed by atoms with Crippen molar-refractivity contribution in [1.82, 2.24) is 10.3 Å². The number of amides is 1. The first-order valence-electron chi connectivity index (χ1n) is 7.31. The third-order valence-electron chi connectivity index (χ3n) is 3.72. The van der Waals surface area contributed by atoms with Crippen molar-refractivity contribution in [3.8, 4) is 0 Å². The molecule has 1 aromatic rings. The Labute approximate surface area is 129 Å². The van der Waals surface area contributed by atoms with E-state index >= 15 is 0 Å². The summed E-state index contributed by atoms with van der Waals surface area (Å²) in [6.45, 7) is 2.77. The first-order chi connectivity index (χ1) is 10.5. The SMILES string of the molecule is CC(=O)NCCNc1ncc(N2CCCC2(O)CO)cc1N. The molecule has 1 atom stereocenters. The molecule has 2 rings (SSSR count). The van der Waals surface area contributed by atoms with E-state index in [1.165, 1.54) is 6.92 Å². The Morgan fingerprint density at radius 2 is 2.32 bits per heavy atom. The molecule has 6 N–H and O–H groups in total. The maximum Gasteiger partial charge on any atom is 0.216 e. The van der Waals surface area contributed by atoms with Crippen LogP contribution in [-0.4, -0.2) is 53.1 Å². The summed E-state index contributed by atoms with van der Waals surface area (Å²) in [6, 6.07) is 1.72. The van der Waals surface area contributed by atoms with Gasteiger partial charge in [0.2, 0.25) is 5.91 Å². The summed E-state index contributed by atoms with van der Waals surface area (Å²) in [7, 11) is 0. The summed E-state index contributed by atoms with van der Waals surface area (Å²) in [5.74, 6) is 0.441. The summed E-state index contributed by atoms with van der Waals surface area (Å²) in [6.07, 6.45) is 2.93. The Morgan fingerprint density at radius 1 is 1.55 bits per heavy atom. The molecule has 1 amide bonds. The third kappa shape index (κ3) is 3.58. The molecule has 8 nitrogen and oxygen atoms in total. The van der Waals surface area contributed by atoms with E-state index in [-0.39, 0.29) is 12.5 Å². The largest absolute Gasteiger partial charge is 0.396 e. The summed E-state index contributed by atoms with van der Waals surface area (Å²) in [5.41, 5.74) is 5.87. The fourth-order valence-electron chi connectivity index (χ4n) is 2.58. The van der Waals surface area contributed by atoms with Crippen LogP contribution in [0, 0.1) is 0 Å². The van der Waals surface area contributed by atoms with Crippen LogP contribution in [0.4, 0.5) is 17.2 Å². The molecular weight excluding hydrogens is 286 g/mol. The number of nitrogens with two attached hydrogens (primary N) is 1. The fourth-order valence-corrected chi connectivity index (χ4v) is 2.58. The van der Waals surface area contributed by atoms with Crippen LogP contribution in [0.15, 0.2) is 12.3 Å². The molecule has 1 fully saturated rings. The molecule has 0 spiro atoms. The molecule has 8 heteroatoms. The first kappa shape index (κ1) is 16.3. The number of aliphatic hydroxyl groups is 2. The standard InChI is InChI=1S/C14H23N5O3/c1-10(21)16-4-5-17-13-12(15)7-11(8-18-13)19-6-2-3-14(19,22)9-20/h7-8,20,22H,2-6,9,15H2,1H3,(H,16,21)(H,17,18). The quantitative estimate of drug-likeness (QED) is 0.448. The second kappa shape index (κ2) is 6.80. The van der Waals surface area contributed by atoms with E-state index in [0.717, 1.165) is 6.42 Å². The second-order valence-corrected chi connectivity index (χ2v) is 5.44. The van der Waals surface area contributed by atoms with Gasteiger partial charge in [0.05, 0.1) is 24.2 Å². The van der Waals surface area contributed by atoms with E-state index in [1.807, 2.05) is 0 Å². The van der Waals surface area contributed by atoms with E-state index in [9.17, 15) is 15.0 Å². The Balaban J connectivity index is 2.02. The molecule has 0 saturated carbocycles. The van der Waals surface area contributed by atoms with Crippen molar-refractivity contribution < 1.29 is 15.0 Å². The molecule has 1 saturated heterocycles. The summed E-state index contributed by atoms with van der Waals surface area (Å²) >= 11 is 0. The van der Waals surface area contributed by atoms with E-state index in [4.69, 9.17) is 5.73 Å². The van der Waals surface area contributed by atoms with Gasteiger partial charge in [-0.3, -0.25) is 4.79 Å². The number of nitrogens with one attached hydrogen (secondary N) is 2. The highest BCUT2D eigenvalue weighted by Crippen LogP contribution is 2.33. The lowest BCUT2D eigenvalue weighted by molar-refractivity contribution is -0.118. The summed E-state index contributed by atoms with van der Waals surface area (Å²) in [5, 5.41) is 25.4. The van der Waals surface area contributed by atoms with Gasteiger partial charge in [0, 0.05) is 26.6 Å². The molecule has 22 heavy (non-hydrogen) atoms. The molecule has 0 bridgehead atoms. The number of hydrogen-bond acceptors (Lipinski definition) is 7. The van der Waals surface area contributed by atoms with Crippen LogP contribution in [0.3, 0.4) is 0 Å². The predicted octanol–water partition coefficient (Wildman–Crippen LogP) is -0.507. The Morgan fingerprint density at radius 3 is 2.95 bits per heavy atom. The third-order valence-corrected chi connectivity index (χ3v) is 3.72. The minimum absolute atomic E-state index is 0.0876. The van der Waals surface area contributed by atoms with Crippen molar-refractivity contribution in [2.24, 2.45) is 0 Å². The number of anilines is 3. The first-order valence-corrected chi connectivity index (χ1v) is 7.31. The Hall–Kier alpha value is -2.06. The van der Waals surface area contributed by atoms with Gasteiger partial charge in [-0.05, 0) is 18.9 Å². The van der Waals surface area contributed by atoms with Crippen molar-refractivity contribution in [3.63, 3.8) is 0 Å². The molecule has 0 radical (unpaired) electrons. The normalized spacial score (nSPS) is 21.0. The van der Waals surface area contributed by atoms with Gasteiger partial charge in [-0.2, -0.15) is 0 Å². The molecule has 1 unspecified atom stereocenters. The molecule has 1 aliphatic rings. The van der Waals surface area contributed by atoms with Gasteiger partial charge in [-0.25, -0.2) is 4.98 Å². The smallest absolute Gasteiger partial charge is 0.216 e. The van der Waals surface area contributed by atoms with Crippen LogP contribution in [-0.2, 0) is 4.79 Å². The van der Waals surface area contributed by atoms with Crippen LogP contribution >= 0.6 is 0 Å². The van der Waals surface area contributed by atoms with Crippen LogP contribution < -0.4 is 21.3 Å². The highest BCUT2D eigenvalue weighted by molar-refractivity contribution is 5.73. The second-order valence-electron chi connectivity index (χ2n) is 5.44. The maximum absolute atomic E-state index is 10.8. The van der Waals surface area contributed by atoms with Gasteiger partial charge in [0.15, 0.2) is 5.72 Å². The average molecular weight is 309 g/mol. The van der Waals surface area contributed by atoms with Gasteiger partial charge in [0.25, 0.3) is 0 Å². The lowest BCUT2D eigenvalue weighted by Crippen LogP contribution is -2.47. The van der Waals surface area contributed by atoms with Gasteiger partial charge >= 0.3 is 0 Å². The summed E-state index contributed by atoms with van der Waals surface area (Å²) < 4.78 is 0. The highest BCUT2D eigenvalue weighted by atomic mass is 16.4. The summed E-state index contributed by atoms with van der Waals surface area (Å²) in [4.78, 5) is 16.8. The number of hydrogen-bond donors (Lipinski definition) is 5. The molecule has 2 heterocycles. The number of aromatic nitrogens is 1. The fraction of sp³-hybridized carbons (Fsp3) is 0.571.